The highest BCUT2D eigenvalue weighted by atomic mass is 35.5. The van der Waals surface area contributed by atoms with Gasteiger partial charge in [-0.05, 0) is 11.6 Å². The molecule has 1 N–H and O–H groups in total. The van der Waals surface area contributed by atoms with Gasteiger partial charge in [0, 0.05) is 19.6 Å². The Morgan fingerprint density at radius 3 is 2.63 bits per heavy atom. The Kier molecular flexibility index (Phi) is 4.50. The molecule has 1 heterocycles. The second kappa shape index (κ2) is 5.94. The molecular weight excluding hydrogens is 273 g/mol. The van der Waals surface area contributed by atoms with Gasteiger partial charge in [-0.1, -0.05) is 17.7 Å². The summed E-state index contributed by atoms with van der Waals surface area (Å²) in [4.78, 5) is 1.82. The van der Waals surface area contributed by atoms with Crippen LogP contribution in [0.2, 0.25) is 5.02 Å². The van der Waals surface area contributed by atoms with E-state index in [0.717, 1.165) is 5.56 Å². The molecule has 0 bridgehead atoms. The molecule has 0 unspecified atom stereocenters. The lowest BCUT2D eigenvalue weighted by atomic mass is 10.2. The molecule has 1 aromatic carbocycles. The van der Waals surface area contributed by atoms with Crippen LogP contribution >= 0.6 is 11.6 Å². The molecule has 1 saturated heterocycles. The smallest absolute Gasteiger partial charge is 0.179 e. The molecular formula is C13H17ClFNO3. The molecule has 2 atom stereocenters. The number of methoxy groups -OCH3 is 2. The first kappa shape index (κ1) is 14.4. The van der Waals surface area contributed by atoms with Gasteiger partial charge in [0.1, 0.15) is 6.17 Å². The maximum Gasteiger partial charge on any atom is 0.179 e. The molecule has 0 spiro atoms. The number of likely N-dealkylation sites (tertiary alicyclic amines) is 1. The monoisotopic (exact) mass is 289 g/mol. The largest absolute Gasteiger partial charge is 0.493 e. The van der Waals surface area contributed by atoms with Gasteiger partial charge in [-0.2, -0.15) is 0 Å². The SMILES string of the molecule is COc1ccc(CN2C[C@@H](O)[C@H](F)C2)c(Cl)c1OC. The van der Waals surface area contributed by atoms with Crippen molar-refractivity contribution in [3.63, 3.8) is 0 Å². The zero-order valence-electron chi connectivity index (χ0n) is 10.9. The Hall–Kier alpha value is -1.04. The van der Waals surface area contributed by atoms with Crippen LogP contribution in [0.15, 0.2) is 12.1 Å². The molecule has 1 fully saturated rings. The van der Waals surface area contributed by atoms with E-state index in [-0.39, 0.29) is 6.54 Å². The van der Waals surface area contributed by atoms with E-state index in [9.17, 15) is 9.50 Å². The molecule has 0 saturated carbocycles. The van der Waals surface area contributed by atoms with Crippen LogP contribution in [0.1, 0.15) is 5.56 Å². The van der Waals surface area contributed by atoms with Crippen molar-refractivity contribution >= 4 is 11.6 Å². The molecule has 1 aromatic rings. The van der Waals surface area contributed by atoms with Gasteiger partial charge in [0.2, 0.25) is 0 Å². The van der Waals surface area contributed by atoms with Gasteiger partial charge in [0.25, 0.3) is 0 Å². The fourth-order valence-electron chi connectivity index (χ4n) is 2.24. The normalized spacial score (nSPS) is 23.6. The van der Waals surface area contributed by atoms with Gasteiger partial charge in [-0.3, -0.25) is 4.90 Å². The minimum absolute atomic E-state index is 0.214. The van der Waals surface area contributed by atoms with E-state index in [2.05, 4.69) is 0 Å². The summed E-state index contributed by atoms with van der Waals surface area (Å²) in [5.41, 5.74) is 0.820. The quantitative estimate of drug-likeness (QED) is 0.919. The van der Waals surface area contributed by atoms with E-state index >= 15 is 0 Å². The molecule has 0 radical (unpaired) electrons. The van der Waals surface area contributed by atoms with Gasteiger partial charge in [0.15, 0.2) is 11.5 Å². The number of aliphatic hydroxyl groups excluding tert-OH is 1. The number of β-amino-alcohol motifs (C(OH)–C–C–N with tert-alkyl or cyclic N) is 1. The van der Waals surface area contributed by atoms with Crippen molar-refractivity contribution in [2.45, 2.75) is 18.8 Å². The zero-order chi connectivity index (χ0) is 14.0. The Balaban J connectivity index is 2.17. The topological polar surface area (TPSA) is 41.9 Å². The van der Waals surface area contributed by atoms with Crippen LogP contribution < -0.4 is 9.47 Å². The standard InChI is InChI=1S/C13H17ClFNO3/c1-18-11-4-3-8(12(14)13(11)19-2)5-16-6-9(15)10(17)7-16/h3-4,9-10,17H,5-7H2,1-2H3/t9-,10-/m1/s1. The molecule has 106 valence electrons. The van der Waals surface area contributed by atoms with Crippen LogP contribution in [-0.4, -0.2) is 49.6 Å². The summed E-state index contributed by atoms with van der Waals surface area (Å²) in [5.74, 6) is 1.03. The average Bonchev–Trinajstić information content (AvgIpc) is 2.70. The number of rotatable bonds is 4. The predicted octanol–water partition coefficient (Wildman–Crippen LogP) is 1.87. The Morgan fingerprint density at radius 2 is 2.11 bits per heavy atom. The van der Waals surface area contributed by atoms with Crippen LogP contribution in [0.5, 0.6) is 11.5 Å². The van der Waals surface area contributed by atoms with Crippen molar-refractivity contribution in [1.29, 1.82) is 0 Å². The lowest BCUT2D eigenvalue weighted by Gasteiger charge is -2.18. The summed E-state index contributed by atoms with van der Waals surface area (Å²) in [7, 11) is 3.06. The second-order valence-electron chi connectivity index (χ2n) is 4.55. The summed E-state index contributed by atoms with van der Waals surface area (Å²) in [5, 5.41) is 9.86. The summed E-state index contributed by atoms with van der Waals surface area (Å²) in [6.45, 7) is 0.994. The number of halogens is 2. The number of ether oxygens (including phenoxy) is 2. The number of nitrogens with zero attached hydrogens (tertiary/aromatic N) is 1. The first-order valence-electron chi connectivity index (χ1n) is 6.00. The number of hydrogen-bond acceptors (Lipinski definition) is 4. The van der Waals surface area contributed by atoms with Gasteiger partial charge < -0.3 is 14.6 Å². The Morgan fingerprint density at radius 1 is 1.37 bits per heavy atom. The number of benzene rings is 1. The minimum atomic E-state index is -1.20. The van der Waals surface area contributed by atoms with Gasteiger partial charge in [-0.15, -0.1) is 0 Å². The predicted molar refractivity (Wildman–Crippen MR) is 70.7 cm³/mol. The van der Waals surface area contributed by atoms with E-state index in [1.54, 1.807) is 13.2 Å². The Labute approximate surface area is 116 Å². The fraction of sp³-hybridized carbons (Fsp3) is 0.538. The second-order valence-corrected chi connectivity index (χ2v) is 4.93. The molecule has 19 heavy (non-hydrogen) atoms. The highest BCUT2D eigenvalue weighted by Gasteiger charge is 2.31. The highest BCUT2D eigenvalue weighted by molar-refractivity contribution is 6.33. The maximum absolute atomic E-state index is 13.3. The molecule has 0 aliphatic carbocycles. The highest BCUT2D eigenvalue weighted by Crippen LogP contribution is 2.38. The lowest BCUT2D eigenvalue weighted by molar-refractivity contribution is 0.115. The van der Waals surface area contributed by atoms with Gasteiger partial charge >= 0.3 is 0 Å². The molecule has 4 nitrogen and oxygen atoms in total. The van der Waals surface area contributed by atoms with Crippen molar-refractivity contribution in [2.24, 2.45) is 0 Å². The molecule has 1 aliphatic heterocycles. The van der Waals surface area contributed by atoms with E-state index in [4.69, 9.17) is 21.1 Å². The third-order valence-corrected chi connectivity index (χ3v) is 3.67. The van der Waals surface area contributed by atoms with Crippen LogP contribution in [-0.2, 0) is 6.54 Å². The van der Waals surface area contributed by atoms with Crippen molar-refractivity contribution < 1.29 is 19.0 Å². The van der Waals surface area contributed by atoms with Crippen LogP contribution in [0, 0.1) is 0 Å². The first-order chi connectivity index (χ1) is 9.06. The maximum atomic E-state index is 13.3. The van der Waals surface area contributed by atoms with Gasteiger partial charge in [0.05, 0.1) is 25.3 Å². The molecule has 0 amide bonds. The van der Waals surface area contributed by atoms with Crippen molar-refractivity contribution in [1.82, 2.24) is 4.90 Å². The minimum Gasteiger partial charge on any atom is -0.493 e. The Bertz CT molecular complexity index is 448. The lowest BCUT2D eigenvalue weighted by Crippen LogP contribution is -2.21. The molecule has 1 aliphatic rings. The number of aliphatic hydroxyl groups is 1. The number of alkyl halides is 1. The van der Waals surface area contributed by atoms with E-state index in [0.29, 0.717) is 29.6 Å². The summed E-state index contributed by atoms with van der Waals surface area (Å²) in [6.07, 6.45) is -2.11. The first-order valence-corrected chi connectivity index (χ1v) is 6.38. The fourth-order valence-corrected chi connectivity index (χ4v) is 2.54. The van der Waals surface area contributed by atoms with Crippen molar-refractivity contribution in [3.8, 4) is 11.5 Å². The zero-order valence-corrected chi connectivity index (χ0v) is 11.7. The van der Waals surface area contributed by atoms with Crippen LogP contribution in [0.4, 0.5) is 4.39 Å². The third-order valence-electron chi connectivity index (χ3n) is 3.25. The summed E-state index contributed by atoms with van der Waals surface area (Å²) >= 11 is 6.26. The van der Waals surface area contributed by atoms with E-state index < -0.39 is 12.3 Å². The van der Waals surface area contributed by atoms with Gasteiger partial charge in [-0.25, -0.2) is 4.39 Å². The van der Waals surface area contributed by atoms with Crippen molar-refractivity contribution in [3.05, 3.63) is 22.7 Å². The summed E-state index contributed by atoms with van der Waals surface area (Å²) < 4.78 is 23.6. The number of hydrogen-bond donors (Lipinski definition) is 1. The average molecular weight is 290 g/mol. The van der Waals surface area contributed by atoms with E-state index in [1.807, 2.05) is 11.0 Å². The van der Waals surface area contributed by atoms with Crippen LogP contribution in [0.3, 0.4) is 0 Å². The van der Waals surface area contributed by atoms with Crippen LogP contribution in [0.25, 0.3) is 0 Å². The van der Waals surface area contributed by atoms with E-state index in [1.165, 1.54) is 7.11 Å². The molecule has 2 rings (SSSR count). The van der Waals surface area contributed by atoms with Crippen molar-refractivity contribution in [2.75, 3.05) is 27.3 Å². The molecule has 0 aromatic heterocycles. The third kappa shape index (κ3) is 2.94. The molecule has 6 heteroatoms. The summed E-state index contributed by atoms with van der Waals surface area (Å²) in [6, 6.07) is 3.58.